The molecule has 3 aromatic rings. The zero-order chi connectivity index (χ0) is 15.5. The first-order chi connectivity index (χ1) is 10.7. The summed E-state index contributed by atoms with van der Waals surface area (Å²) in [6.07, 6.45) is 1.82. The van der Waals surface area contributed by atoms with Crippen LogP contribution >= 0.6 is 0 Å². The van der Waals surface area contributed by atoms with Crippen molar-refractivity contribution in [2.75, 3.05) is 0 Å². The molecule has 2 heterocycles. The largest absolute Gasteiger partial charge is 0.337 e. The summed E-state index contributed by atoms with van der Waals surface area (Å²) in [5.41, 5.74) is 3.74. The zero-order valence-corrected chi connectivity index (χ0v) is 13.2. The number of fused-ring (bicyclic) bond motifs is 1. The molecule has 0 atom stereocenters. The first-order valence-electron chi connectivity index (χ1n) is 7.68. The topological polar surface area (TPSA) is 58.9 Å². The average Bonchev–Trinajstić information content (AvgIpc) is 2.99. The van der Waals surface area contributed by atoms with E-state index in [1.54, 1.807) is 0 Å². The van der Waals surface area contributed by atoms with Gasteiger partial charge in [0, 0.05) is 12.5 Å². The smallest absolute Gasteiger partial charge is 0.177 e. The lowest BCUT2D eigenvalue weighted by Crippen LogP contribution is -2.14. The molecule has 2 aromatic heterocycles. The van der Waals surface area contributed by atoms with Crippen LogP contribution in [0.5, 0.6) is 0 Å². The summed E-state index contributed by atoms with van der Waals surface area (Å²) in [6, 6.07) is 10.2. The quantitative estimate of drug-likeness (QED) is 0.804. The second-order valence-electron chi connectivity index (χ2n) is 5.63. The highest BCUT2D eigenvalue weighted by Crippen LogP contribution is 2.14. The van der Waals surface area contributed by atoms with E-state index in [2.05, 4.69) is 47.9 Å². The normalized spacial score (nSPS) is 12.5. The lowest BCUT2D eigenvalue weighted by Gasteiger charge is -2.02. The first-order valence-corrected chi connectivity index (χ1v) is 7.68. The number of aromatic nitrogens is 4. The maximum Gasteiger partial charge on any atom is 0.177 e. The molecular formula is C17H21N5. The van der Waals surface area contributed by atoms with Crippen LogP contribution in [-0.2, 0) is 13.1 Å². The van der Waals surface area contributed by atoms with E-state index in [9.17, 15) is 0 Å². The van der Waals surface area contributed by atoms with Gasteiger partial charge in [0.2, 0.25) is 0 Å². The Kier molecular flexibility index (Phi) is 4.04. The number of imidazole rings is 1. The summed E-state index contributed by atoms with van der Waals surface area (Å²) in [7, 11) is 0. The molecule has 3 rings (SSSR count). The molecule has 0 bridgehead atoms. The van der Waals surface area contributed by atoms with Gasteiger partial charge in [0.15, 0.2) is 11.1 Å². The molecule has 0 fully saturated rings. The van der Waals surface area contributed by atoms with E-state index in [1.807, 2.05) is 29.1 Å². The standard InChI is InChI=1S/C17H21N5/c1-4-22-11-19-16(18-10-13-8-6-5-7-9-13)14-17(22)21-15(20-14)12(2)3/h5-9,11-12H,4,10H2,1-3H3,(H,20,21). The predicted octanol–water partition coefficient (Wildman–Crippen LogP) is 3.00. The van der Waals surface area contributed by atoms with Crippen molar-refractivity contribution < 1.29 is 0 Å². The zero-order valence-electron chi connectivity index (χ0n) is 13.2. The van der Waals surface area contributed by atoms with Gasteiger partial charge in [-0.3, -0.25) is 4.99 Å². The van der Waals surface area contributed by atoms with Crippen LogP contribution in [0.2, 0.25) is 0 Å². The SMILES string of the molecule is CCn1cnc(=NCc2ccccc2)c2[nH]c(C(C)C)nc21. The van der Waals surface area contributed by atoms with Crippen molar-refractivity contribution in [3.63, 3.8) is 0 Å². The van der Waals surface area contributed by atoms with Crippen LogP contribution in [0.25, 0.3) is 11.2 Å². The van der Waals surface area contributed by atoms with Crippen LogP contribution in [0, 0.1) is 0 Å². The van der Waals surface area contributed by atoms with Crippen LogP contribution in [-0.4, -0.2) is 19.5 Å². The molecule has 0 amide bonds. The Hall–Kier alpha value is -2.43. The number of hydrogen-bond acceptors (Lipinski definition) is 3. The van der Waals surface area contributed by atoms with E-state index in [1.165, 1.54) is 5.56 Å². The molecule has 0 saturated carbocycles. The van der Waals surface area contributed by atoms with Gasteiger partial charge in [0.05, 0.1) is 12.9 Å². The summed E-state index contributed by atoms with van der Waals surface area (Å²) < 4.78 is 2.04. The van der Waals surface area contributed by atoms with E-state index < -0.39 is 0 Å². The Morgan fingerprint density at radius 3 is 2.68 bits per heavy atom. The maximum atomic E-state index is 4.71. The fourth-order valence-electron chi connectivity index (χ4n) is 2.36. The average molecular weight is 295 g/mol. The lowest BCUT2D eigenvalue weighted by atomic mass is 10.2. The van der Waals surface area contributed by atoms with E-state index >= 15 is 0 Å². The summed E-state index contributed by atoms with van der Waals surface area (Å²) in [5, 5.41) is 0. The Balaban J connectivity index is 2.09. The van der Waals surface area contributed by atoms with Gasteiger partial charge in [-0.05, 0) is 12.5 Å². The van der Waals surface area contributed by atoms with Crippen molar-refractivity contribution in [1.82, 2.24) is 19.5 Å². The first kappa shape index (κ1) is 14.5. The summed E-state index contributed by atoms with van der Waals surface area (Å²) in [6.45, 7) is 7.80. The van der Waals surface area contributed by atoms with Gasteiger partial charge in [0.1, 0.15) is 11.3 Å². The van der Waals surface area contributed by atoms with Crippen molar-refractivity contribution >= 4 is 11.2 Å². The van der Waals surface area contributed by atoms with E-state index in [0.717, 1.165) is 29.0 Å². The molecule has 22 heavy (non-hydrogen) atoms. The molecule has 0 spiro atoms. The molecule has 0 unspecified atom stereocenters. The van der Waals surface area contributed by atoms with Crippen LogP contribution < -0.4 is 5.49 Å². The van der Waals surface area contributed by atoms with E-state index in [4.69, 9.17) is 4.98 Å². The summed E-state index contributed by atoms with van der Waals surface area (Å²) >= 11 is 0. The molecule has 5 nitrogen and oxygen atoms in total. The van der Waals surface area contributed by atoms with Gasteiger partial charge in [-0.15, -0.1) is 0 Å². The van der Waals surface area contributed by atoms with Crippen LogP contribution in [0.15, 0.2) is 41.7 Å². The van der Waals surface area contributed by atoms with Crippen LogP contribution in [0.3, 0.4) is 0 Å². The highest BCUT2D eigenvalue weighted by molar-refractivity contribution is 5.69. The highest BCUT2D eigenvalue weighted by atomic mass is 15.1. The third kappa shape index (κ3) is 2.79. The molecule has 0 aliphatic carbocycles. The number of H-pyrrole nitrogens is 1. The number of aromatic amines is 1. The summed E-state index contributed by atoms with van der Waals surface area (Å²) in [5.74, 6) is 1.32. The fourth-order valence-corrected chi connectivity index (χ4v) is 2.36. The molecule has 0 radical (unpaired) electrons. The summed E-state index contributed by atoms with van der Waals surface area (Å²) in [4.78, 5) is 17.2. The van der Waals surface area contributed by atoms with Gasteiger partial charge in [-0.1, -0.05) is 44.2 Å². The van der Waals surface area contributed by atoms with Gasteiger partial charge < -0.3 is 9.55 Å². The van der Waals surface area contributed by atoms with Crippen molar-refractivity contribution in [3.8, 4) is 0 Å². The second kappa shape index (κ2) is 6.13. The third-order valence-electron chi connectivity index (χ3n) is 3.66. The van der Waals surface area contributed by atoms with Crippen molar-refractivity contribution in [2.45, 2.75) is 39.8 Å². The number of aryl methyl sites for hydroxylation is 1. The molecule has 0 aliphatic heterocycles. The highest BCUT2D eigenvalue weighted by Gasteiger charge is 2.10. The number of nitrogens with one attached hydrogen (secondary N) is 1. The maximum absolute atomic E-state index is 4.71. The molecule has 1 aromatic carbocycles. The Bertz CT molecular complexity index is 827. The third-order valence-corrected chi connectivity index (χ3v) is 3.66. The van der Waals surface area contributed by atoms with Crippen molar-refractivity contribution in [1.29, 1.82) is 0 Å². The predicted molar refractivity (Wildman–Crippen MR) is 87.4 cm³/mol. The minimum Gasteiger partial charge on any atom is -0.337 e. The van der Waals surface area contributed by atoms with Gasteiger partial charge in [0.25, 0.3) is 0 Å². The number of rotatable bonds is 4. The van der Waals surface area contributed by atoms with Crippen LogP contribution in [0.4, 0.5) is 0 Å². The molecule has 1 N–H and O–H groups in total. The number of nitrogens with zero attached hydrogens (tertiary/aromatic N) is 4. The Labute approximate surface area is 129 Å². The minimum absolute atomic E-state index is 0.347. The Morgan fingerprint density at radius 1 is 1.23 bits per heavy atom. The number of benzene rings is 1. The van der Waals surface area contributed by atoms with Gasteiger partial charge in [-0.2, -0.15) is 0 Å². The molecule has 0 saturated heterocycles. The molecule has 114 valence electrons. The number of hydrogen-bond donors (Lipinski definition) is 1. The van der Waals surface area contributed by atoms with Crippen molar-refractivity contribution in [3.05, 3.63) is 53.5 Å². The minimum atomic E-state index is 0.347. The van der Waals surface area contributed by atoms with E-state index in [0.29, 0.717) is 12.5 Å². The van der Waals surface area contributed by atoms with Gasteiger partial charge >= 0.3 is 0 Å². The lowest BCUT2D eigenvalue weighted by molar-refractivity contribution is 0.745. The van der Waals surface area contributed by atoms with E-state index in [-0.39, 0.29) is 0 Å². The van der Waals surface area contributed by atoms with Crippen molar-refractivity contribution in [2.24, 2.45) is 4.99 Å². The van der Waals surface area contributed by atoms with Crippen LogP contribution in [0.1, 0.15) is 38.1 Å². The second-order valence-corrected chi connectivity index (χ2v) is 5.63. The Morgan fingerprint density at radius 2 is 2.00 bits per heavy atom. The van der Waals surface area contributed by atoms with Gasteiger partial charge in [-0.25, -0.2) is 9.97 Å². The molecular weight excluding hydrogens is 274 g/mol. The molecule has 0 aliphatic rings. The molecule has 5 heteroatoms. The fraction of sp³-hybridized carbons (Fsp3) is 0.353. The monoisotopic (exact) mass is 295 g/mol.